The lowest BCUT2D eigenvalue weighted by molar-refractivity contribution is -0.299. The van der Waals surface area contributed by atoms with Crippen molar-refractivity contribution < 1.29 is 44.8 Å². The lowest BCUT2D eigenvalue weighted by Gasteiger charge is -2.59. The van der Waals surface area contributed by atoms with E-state index in [1.807, 2.05) is 0 Å². The van der Waals surface area contributed by atoms with Crippen LogP contribution in [-0.2, 0) is 14.2 Å². The first kappa shape index (κ1) is 30.7. The maximum absolute atomic E-state index is 11.2. The first-order valence-corrected chi connectivity index (χ1v) is 15.9. The zero-order valence-corrected chi connectivity index (χ0v) is 25.2. The number of rotatable bonds is 7. The minimum absolute atomic E-state index is 0.113. The molecule has 1 saturated heterocycles. The van der Waals surface area contributed by atoms with E-state index in [2.05, 4.69) is 33.4 Å². The standard InChI is InChI=1S/C33H50O9/c1-16(15-40-31-30(39)29(38)28(37)25(14-34)42-31)5-8-23-17(2)27-24(41-23)13-22-20-7-6-18-11-19(35)12-26(36)33(18,4)21(20)9-10-32(22,27)3/h6,19-22,24-31,34-39H,1,5,7-15H2,2-4H3/t19-,20-,21+,22+,24+,25-,26-,27+,28-,29+,30-,31-,32+,33+/m1/s1. The summed E-state index contributed by atoms with van der Waals surface area (Å²) in [4.78, 5) is 0. The number of allylic oxidation sites excluding steroid dienone is 2. The number of ether oxygens (including phenoxy) is 3. The summed E-state index contributed by atoms with van der Waals surface area (Å²) in [5.74, 6) is 2.92. The molecule has 0 aromatic rings. The molecule has 9 nitrogen and oxygen atoms in total. The Balaban J connectivity index is 1.08. The van der Waals surface area contributed by atoms with Crippen LogP contribution in [0.4, 0.5) is 0 Å². The molecule has 0 aromatic carbocycles. The maximum atomic E-state index is 11.2. The first-order chi connectivity index (χ1) is 19.9. The Morgan fingerprint density at radius 3 is 2.57 bits per heavy atom. The van der Waals surface area contributed by atoms with Crippen LogP contribution < -0.4 is 0 Å². The summed E-state index contributed by atoms with van der Waals surface area (Å²) < 4.78 is 17.8. The summed E-state index contributed by atoms with van der Waals surface area (Å²) in [6.07, 6.45) is 1.88. The van der Waals surface area contributed by atoms with E-state index in [-0.39, 0.29) is 23.5 Å². The average Bonchev–Trinajstić information content (AvgIpc) is 3.43. The predicted molar refractivity (Wildman–Crippen MR) is 154 cm³/mol. The second-order valence-electron chi connectivity index (χ2n) is 14.5. The van der Waals surface area contributed by atoms with Crippen molar-refractivity contribution in [2.45, 2.75) is 121 Å². The van der Waals surface area contributed by atoms with Crippen LogP contribution in [-0.4, -0.2) is 92.9 Å². The highest BCUT2D eigenvalue weighted by Gasteiger charge is 2.64. The molecule has 42 heavy (non-hydrogen) atoms. The van der Waals surface area contributed by atoms with Crippen molar-refractivity contribution >= 4 is 0 Å². The molecule has 0 unspecified atom stereocenters. The fourth-order valence-electron chi connectivity index (χ4n) is 10.1. The monoisotopic (exact) mass is 590 g/mol. The highest BCUT2D eigenvalue weighted by Crippen LogP contribution is 2.68. The molecular formula is C33H50O9. The van der Waals surface area contributed by atoms with Gasteiger partial charge >= 0.3 is 0 Å². The Kier molecular flexibility index (Phi) is 8.23. The van der Waals surface area contributed by atoms with Crippen molar-refractivity contribution in [2.75, 3.05) is 13.2 Å². The Morgan fingerprint density at radius 1 is 1.07 bits per heavy atom. The van der Waals surface area contributed by atoms with Crippen LogP contribution in [0.2, 0.25) is 0 Å². The fraction of sp³-hybridized carbons (Fsp3) is 0.818. The lowest BCUT2D eigenvalue weighted by atomic mass is 9.46. The molecule has 6 aliphatic rings. The largest absolute Gasteiger partial charge is 0.494 e. The summed E-state index contributed by atoms with van der Waals surface area (Å²) in [7, 11) is 0. The minimum Gasteiger partial charge on any atom is -0.494 e. The third kappa shape index (κ3) is 4.74. The Bertz CT molecular complexity index is 1120. The molecule has 4 fully saturated rings. The van der Waals surface area contributed by atoms with Gasteiger partial charge < -0.3 is 44.8 Å². The fourth-order valence-corrected chi connectivity index (χ4v) is 10.1. The zero-order chi connectivity index (χ0) is 30.1. The van der Waals surface area contributed by atoms with Gasteiger partial charge in [-0.2, -0.15) is 0 Å². The quantitative estimate of drug-likeness (QED) is 0.246. The summed E-state index contributed by atoms with van der Waals surface area (Å²) in [6.45, 7) is 10.7. The van der Waals surface area contributed by atoms with Gasteiger partial charge in [0.05, 0.1) is 31.2 Å². The molecule has 6 N–H and O–H groups in total. The number of hydrogen-bond acceptors (Lipinski definition) is 9. The highest BCUT2D eigenvalue weighted by molar-refractivity contribution is 5.31. The normalized spacial score (nSPS) is 49.9. The summed E-state index contributed by atoms with van der Waals surface area (Å²) in [5, 5.41) is 61.1. The van der Waals surface area contributed by atoms with Crippen LogP contribution in [0.25, 0.3) is 0 Å². The van der Waals surface area contributed by atoms with Gasteiger partial charge in [0.1, 0.15) is 30.5 Å². The molecule has 9 heteroatoms. The van der Waals surface area contributed by atoms with Crippen molar-refractivity contribution in [3.63, 3.8) is 0 Å². The smallest absolute Gasteiger partial charge is 0.187 e. The second kappa shape index (κ2) is 11.2. The summed E-state index contributed by atoms with van der Waals surface area (Å²) >= 11 is 0. The van der Waals surface area contributed by atoms with E-state index in [9.17, 15) is 30.6 Å². The lowest BCUT2D eigenvalue weighted by Crippen LogP contribution is -2.59. The van der Waals surface area contributed by atoms with Crippen LogP contribution in [0.1, 0.15) is 72.1 Å². The topological polar surface area (TPSA) is 149 Å². The van der Waals surface area contributed by atoms with Gasteiger partial charge in [-0.05, 0) is 74.2 Å². The van der Waals surface area contributed by atoms with Crippen molar-refractivity contribution in [1.82, 2.24) is 0 Å². The van der Waals surface area contributed by atoms with Crippen molar-refractivity contribution in [3.8, 4) is 0 Å². The first-order valence-electron chi connectivity index (χ1n) is 15.9. The Hall–Kier alpha value is -1.30. The van der Waals surface area contributed by atoms with E-state index in [0.717, 1.165) is 37.0 Å². The molecular weight excluding hydrogens is 540 g/mol. The molecule has 2 heterocycles. The summed E-state index contributed by atoms with van der Waals surface area (Å²) in [5.41, 5.74) is 3.32. The zero-order valence-electron chi connectivity index (χ0n) is 25.2. The van der Waals surface area contributed by atoms with Crippen molar-refractivity contribution in [3.05, 3.63) is 35.1 Å². The molecule has 0 bridgehead atoms. The molecule has 0 amide bonds. The third-order valence-electron chi connectivity index (χ3n) is 12.4. The van der Waals surface area contributed by atoms with Gasteiger partial charge in [-0.25, -0.2) is 0 Å². The third-order valence-corrected chi connectivity index (χ3v) is 12.4. The van der Waals surface area contributed by atoms with E-state index in [4.69, 9.17) is 14.2 Å². The van der Waals surface area contributed by atoms with Crippen LogP contribution in [0.3, 0.4) is 0 Å². The molecule has 0 radical (unpaired) electrons. The van der Waals surface area contributed by atoms with Gasteiger partial charge in [0, 0.05) is 24.2 Å². The van der Waals surface area contributed by atoms with E-state index in [0.29, 0.717) is 49.4 Å². The molecule has 6 rings (SSSR count). The number of fused-ring (bicyclic) bond motifs is 7. The van der Waals surface area contributed by atoms with Crippen molar-refractivity contribution in [1.29, 1.82) is 0 Å². The number of hydrogen-bond donors (Lipinski definition) is 6. The van der Waals surface area contributed by atoms with Crippen LogP contribution in [0, 0.1) is 34.5 Å². The Labute approximate surface area is 248 Å². The number of aliphatic hydroxyl groups excluding tert-OH is 6. The molecule has 0 spiro atoms. The maximum Gasteiger partial charge on any atom is 0.187 e. The molecule has 236 valence electrons. The van der Waals surface area contributed by atoms with Crippen LogP contribution in [0.5, 0.6) is 0 Å². The van der Waals surface area contributed by atoms with Crippen LogP contribution in [0.15, 0.2) is 35.1 Å². The van der Waals surface area contributed by atoms with E-state index in [1.54, 1.807) is 0 Å². The van der Waals surface area contributed by atoms with Gasteiger partial charge in [-0.3, -0.25) is 0 Å². The average molecular weight is 591 g/mol. The molecule has 3 saturated carbocycles. The van der Waals surface area contributed by atoms with Gasteiger partial charge in [-0.15, -0.1) is 0 Å². The van der Waals surface area contributed by atoms with Gasteiger partial charge in [0.25, 0.3) is 0 Å². The van der Waals surface area contributed by atoms with E-state index >= 15 is 0 Å². The molecule has 14 atom stereocenters. The van der Waals surface area contributed by atoms with Crippen LogP contribution >= 0.6 is 0 Å². The van der Waals surface area contributed by atoms with Gasteiger partial charge in [-0.1, -0.05) is 37.6 Å². The molecule has 0 aromatic heterocycles. The highest BCUT2D eigenvalue weighted by atomic mass is 16.7. The predicted octanol–water partition coefficient (Wildman–Crippen LogP) is 2.33. The van der Waals surface area contributed by atoms with E-state index < -0.39 is 49.5 Å². The number of aliphatic hydroxyl groups is 6. The summed E-state index contributed by atoms with van der Waals surface area (Å²) in [6, 6.07) is 0. The van der Waals surface area contributed by atoms with Gasteiger partial charge in [0.15, 0.2) is 6.29 Å². The minimum atomic E-state index is -1.47. The second-order valence-corrected chi connectivity index (χ2v) is 14.5. The Morgan fingerprint density at radius 2 is 1.83 bits per heavy atom. The van der Waals surface area contributed by atoms with Gasteiger partial charge in [0.2, 0.25) is 0 Å². The molecule has 4 aliphatic carbocycles. The van der Waals surface area contributed by atoms with Crippen molar-refractivity contribution in [2.24, 2.45) is 34.5 Å². The van der Waals surface area contributed by atoms with E-state index in [1.165, 1.54) is 11.1 Å². The SMILES string of the molecule is C=C(CCC1=C(C)[C@H]2[C@H](C[C@H]3[C@@H]4CC=C5C[C@@H](O)C[C@@H](O)[C@]5(C)[C@H]4CC[C@@]32C)O1)CO[C@@H]1O[C@H](CO)[C@@H](O)[C@H](O)[C@H]1O. The molecule has 2 aliphatic heterocycles.